The average molecular weight is 277 g/mol. The first-order valence-corrected chi connectivity index (χ1v) is 7.73. The Morgan fingerprint density at radius 2 is 2.30 bits per heavy atom. The molecule has 1 aromatic heterocycles. The van der Waals surface area contributed by atoms with Crippen LogP contribution in [0.5, 0.6) is 5.75 Å². The molecule has 20 heavy (non-hydrogen) atoms. The highest BCUT2D eigenvalue weighted by molar-refractivity contribution is 5.21. The molecule has 0 radical (unpaired) electrons. The van der Waals surface area contributed by atoms with Crippen molar-refractivity contribution in [1.82, 2.24) is 15.2 Å². The summed E-state index contributed by atoms with van der Waals surface area (Å²) in [5, 5.41) is 3.36. The smallest absolute Gasteiger partial charge is 0.137 e. The molecule has 4 nitrogen and oxygen atoms in total. The van der Waals surface area contributed by atoms with Crippen LogP contribution in [0.3, 0.4) is 0 Å². The Hall–Kier alpha value is -1.13. The second-order valence-electron chi connectivity index (χ2n) is 5.64. The van der Waals surface area contributed by atoms with Gasteiger partial charge >= 0.3 is 0 Å². The van der Waals surface area contributed by atoms with Gasteiger partial charge in [0.15, 0.2) is 0 Å². The maximum absolute atomic E-state index is 5.89. The van der Waals surface area contributed by atoms with Gasteiger partial charge in [0.05, 0.1) is 11.9 Å². The standard InChI is InChI=1S/C16H27N3O/c1-4-17-13(2)16-9-8-15(11-18-16)20-12-14-7-5-6-10-19(14)3/h8-9,11,13-14,17H,4-7,10,12H2,1-3H3. The molecule has 0 spiro atoms. The van der Waals surface area contributed by atoms with Gasteiger partial charge in [-0.3, -0.25) is 4.98 Å². The quantitative estimate of drug-likeness (QED) is 0.867. The van der Waals surface area contributed by atoms with Crippen LogP contribution in [-0.4, -0.2) is 42.7 Å². The molecule has 1 fully saturated rings. The monoisotopic (exact) mass is 277 g/mol. The molecule has 2 rings (SSSR count). The van der Waals surface area contributed by atoms with Crippen LogP contribution in [0, 0.1) is 0 Å². The zero-order valence-electron chi connectivity index (χ0n) is 12.9. The summed E-state index contributed by atoms with van der Waals surface area (Å²) in [4.78, 5) is 6.88. The van der Waals surface area contributed by atoms with Crippen molar-refractivity contribution in [2.45, 2.75) is 45.2 Å². The van der Waals surface area contributed by atoms with Crippen LogP contribution in [0.2, 0.25) is 0 Å². The van der Waals surface area contributed by atoms with Crippen molar-refractivity contribution < 1.29 is 4.74 Å². The molecule has 1 aliphatic rings. The zero-order valence-corrected chi connectivity index (χ0v) is 12.9. The van der Waals surface area contributed by atoms with E-state index in [1.807, 2.05) is 18.3 Å². The van der Waals surface area contributed by atoms with Crippen molar-refractivity contribution in [3.8, 4) is 5.75 Å². The van der Waals surface area contributed by atoms with Gasteiger partial charge in [0.1, 0.15) is 12.4 Å². The highest BCUT2D eigenvalue weighted by Crippen LogP contribution is 2.18. The third-order valence-corrected chi connectivity index (χ3v) is 4.08. The Kier molecular flexibility index (Phi) is 5.80. The number of aromatic nitrogens is 1. The second-order valence-corrected chi connectivity index (χ2v) is 5.64. The van der Waals surface area contributed by atoms with Crippen molar-refractivity contribution in [3.05, 3.63) is 24.0 Å². The number of nitrogens with one attached hydrogen (secondary N) is 1. The van der Waals surface area contributed by atoms with E-state index in [0.29, 0.717) is 12.1 Å². The van der Waals surface area contributed by atoms with Gasteiger partial charge in [-0.2, -0.15) is 0 Å². The van der Waals surface area contributed by atoms with Gasteiger partial charge in [0.2, 0.25) is 0 Å². The predicted octanol–water partition coefficient (Wildman–Crippen LogP) is 2.62. The Morgan fingerprint density at radius 1 is 1.45 bits per heavy atom. The first-order chi connectivity index (χ1) is 9.70. The summed E-state index contributed by atoms with van der Waals surface area (Å²) in [6.07, 6.45) is 5.70. The largest absolute Gasteiger partial charge is 0.490 e. The Morgan fingerprint density at radius 3 is 2.95 bits per heavy atom. The number of pyridine rings is 1. The molecule has 4 heteroatoms. The van der Waals surface area contributed by atoms with Gasteiger partial charge < -0.3 is 15.0 Å². The van der Waals surface area contributed by atoms with E-state index in [-0.39, 0.29) is 0 Å². The lowest BCUT2D eigenvalue weighted by Gasteiger charge is -2.32. The van der Waals surface area contributed by atoms with E-state index in [0.717, 1.165) is 24.6 Å². The number of likely N-dealkylation sites (N-methyl/N-ethyl adjacent to an activating group) is 1. The van der Waals surface area contributed by atoms with Gasteiger partial charge in [0, 0.05) is 12.1 Å². The SMILES string of the molecule is CCNC(C)c1ccc(OCC2CCCCN2C)cn1. The number of hydrogen-bond donors (Lipinski definition) is 1. The second kappa shape index (κ2) is 7.60. The summed E-state index contributed by atoms with van der Waals surface area (Å²) in [6, 6.07) is 4.91. The highest BCUT2D eigenvalue weighted by atomic mass is 16.5. The molecule has 0 aliphatic carbocycles. The molecule has 2 heterocycles. The average Bonchev–Trinajstić information content (AvgIpc) is 2.47. The molecule has 1 aliphatic heterocycles. The van der Waals surface area contributed by atoms with Crippen molar-refractivity contribution in [2.75, 3.05) is 26.7 Å². The van der Waals surface area contributed by atoms with E-state index in [1.165, 1.54) is 25.8 Å². The molecule has 0 amide bonds. The minimum Gasteiger partial charge on any atom is -0.490 e. The summed E-state index contributed by atoms with van der Waals surface area (Å²) in [7, 11) is 2.19. The molecule has 0 saturated carbocycles. The number of ether oxygens (including phenoxy) is 1. The van der Waals surface area contributed by atoms with Crippen molar-refractivity contribution >= 4 is 0 Å². The first kappa shape index (κ1) is 15.3. The van der Waals surface area contributed by atoms with Gasteiger partial charge in [-0.1, -0.05) is 13.3 Å². The zero-order chi connectivity index (χ0) is 14.4. The Labute approximate surface area is 122 Å². The van der Waals surface area contributed by atoms with Crippen molar-refractivity contribution in [3.63, 3.8) is 0 Å². The van der Waals surface area contributed by atoms with E-state index >= 15 is 0 Å². The summed E-state index contributed by atoms with van der Waals surface area (Å²) in [6.45, 7) is 7.14. The molecule has 1 N–H and O–H groups in total. The lowest BCUT2D eigenvalue weighted by atomic mass is 10.0. The van der Waals surface area contributed by atoms with Crippen LogP contribution in [0.25, 0.3) is 0 Å². The normalized spacial score (nSPS) is 21.6. The predicted molar refractivity (Wildman–Crippen MR) is 82.1 cm³/mol. The molecule has 2 unspecified atom stereocenters. The molecule has 0 bridgehead atoms. The third kappa shape index (κ3) is 4.18. The third-order valence-electron chi connectivity index (χ3n) is 4.08. The van der Waals surface area contributed by atoms with Crippen LogP contribution in [0.4, 0.5) is 0 Å². The molecule has 112 valence electrons. The number of likely N-dealkylation sites (tertiary alicyclic amines) is 1. The Bertz CT molecular complexity index is 393. The molecule has 2 atom stereocenters. The minimum absolute atomic E-state index is 0.290. The molecular formula is C16H27N3O. The Balaban J connectivity index is 1.84. The fraction of sp³-hybridized carbons (Fsp3) is 0.688. The van der Waals surface area contributed by atoms with Gasteiger partial charge in [-0.25, -0.2) is 0 Å². The van der Waals surface area contributed by atoms with Crippen LogP contribution in [0.15, 0.2) is 18.3 Å². The highest BCUT2D eigenvalue weighted by Gasteiger charge is 2.19. The topological polar surface area (TPSA) is 37.4 Å². The van der Waals surface area contributed by atoms with Gasteiger partial charge in [-0.05, 0) is 52.0 Å². The van der Waals surface area contributed by atoms with E-state index in [2.05, 4.69) is 36.1 Å². The molecule has 1 aromatic rings. The lowest BCUT2D eigenvalue weighted by Crippen LogP contribution is -2.40. The molecule has 0 aromatic carbocycles. The van der Waals surface area contributed by atoms with Crippen LogP contribution in [-0.2, 0) is 0 Å². The molecule has 1 saturated heterocycles. The maximum atomic E-state index is 5.89. The van der Waals surface area contributed by atoms with Gasteiger partial charge in [-0.15, -0.1) is 0 Å². The van der Waals surface area contributed by atoms with E-state index in [1.54, 1.807) is 0 Å². The number of hydrogen-bond acceptors (Lipinski definition) is 4. The number of nitrogens with zero attached hydrogens (tertiary/aromatic N) is 2. The van der Waals surface area contributed by atoms with Crippen LogP contribution >= 0.6 is 0 Å². The van der Waals surface area contributed by atoms with Gasteiger partial charge in [0.25, 0.3) is 0 Å². The van der Waals surface area contributed by atoms with Crippen LogP contribution in [0.1, 0.15) is 44.8 Å². The minimum atomic E-state index is 0.290. The van der Waals surface area contributed by atoms with Crippen molar-refractivity contribution in [1.29, 1.82) is 0 Å². The number of rotatable bonds is 6. The summed E-state index contributed by atoms with van der Waals surface area (Å²) in [5.74, 6) is 0.872. The first-order valence-electron chi connectivity index (χ1n) is 7.73. The summed E-state index contributed by atoms with van der Waals surface area (Å²) in [5.41, 5.74) is 1.06. The summed E-state index contributed by atoms with van der Waals surface area (Å²) < 4.78 is 5.89. The maximum Gasteiger partial charge on any atom is 0.137 e. The van der Waals surface area contributed by atoms with Crippen molar-refractivity contribution in [2.24, 2.45) is 0 Å². The number of piperidine rings is 1. The van der Waals surface area contributed by atoms with E-state index in [9.17, 15) is 0 Å². The lowest BCUT2D eigenvalue weighted by molar-refractivity contribution is 0.125. The fourth-order valence-corrected chi connectivity index (χ4v) is 2.69. The van der Waals surface area contributed by atoms with E-state index < -0.39 is 0 Å². The fourth-order valence-electron chi connectivity index (χ4n) is 2.69. The van der Waals surface area contributed by atoms with E-state index in [4.69, 9.17) is 4.74 Å². The molecular weight excluding hydrogens is 250 g/mol. The summed E-state index contributed by atoms with van der Waals surface area (Å²) >= 11 is 0. The van der Waals surface area contributed by atoms with Crippen LogP contribution < -0.4 is 10.1 Å².